The summed E-state index contributed by atoms with van der Waals surface area (Å²) < 4.78 is 0. The summed E-state index contributed by atoms with van der Waals surface area (Å²) in [5.41, 5.74) is 5.13. The van der Waals surface area contributed by atoms with Crippen molar-refractivity contribution >= 4 is 5.91 Å². The van der Waals surface area contributed by atoms with Gasteiger partial charge in [0, 0.05) is 39.1 Å². The molecule has 0 saturated carbocycles. The highest BCUT2D eigenvalue weighted by Crippen LogP contribution is 2.24. The second kappa shape index (κ2) is 8.13. The van der Waals surface area contributed by atoms with Crippen LogP contribution in [0.4, 0.5) is 0 Å². The third-order valence-electron chi connectivity index (χ3n) is 4.82. The first-order valence-electron chi connectivity index (χ1n) is 8.93. The lowest BCUT2D eigenvalue weighted by molar-refractivity contribution is -0.129. The molecule has 0 unspecified atom stereocenters. The standard InChI is InChI=1S/C22H26N2O/c1-3-12-24-15-14-23(13-11-22(24)25)17-19-8-6-9-20(16-19)21-10-5-4-7-18(21)2/h3-10,16H,1,11-15,17H2,2H3. The van der Waals surface area contributed by atoms with E-state index in [1.807, 2.05) is 4.90 Å². The van der Waals surface area contributed by atoms with Crippen LogP contribution in [0, 0.1) is 6.92 Å². The van der Waals surface area contributed by atoms with Gasteiger partial charge in [-0.2, -0.15) is 0 Å². The van der Waals surface area contributed by atoms with Crippen LogP contribution in [0.1, 0.15) is 17.5 Å². The first-order valence-corrected chi connectivity index (χ1v) is 8.93. The second-order valence-electron chi connectivity index (χ2n) is 6.67. The zero-order valence-electron chi connectivity index (χ0n) is 14.9. The molecule has 0 bridgehead atoms. The van der Waals surface area contributed by atoms with E-state index in [0.29, 0.717) is 13.0 Å². The number of carbonyl (C=O) groups excluding carboxylic acids is 1. The van der Waals surface area contributed by atoms with Crippen molar-refractivity contribution in [3.8, 4) is 11.1 Å². The molecule has 3 nitrogen and oxygen atoms in total. The van der Waals surface area contributed by atoms with Gasteiger partial charge in [-0.3, -0.25) is 9.69 Å². The molecule has 0 atom stereocenters. The molecule has 1 fully saturated rings. The van der Waals surface area contributed by atoms with Gasteiger partial charge in [0.2, 0.25) is 5.91 Å². The van der Waals surface area contributed by atoms with E-state index in [1.165, 1.54) is 22.3 Å². The third-order valence-corrected chi connectivity index (χ3v) is 4.82. The molecule has 1 aliphatic rings. The molecule has 3 rings (SSSR count). The normalized spacial score (nSPS) is 15.9. The van der Waals surface area contributed by atoms with Crippen LogP contribution < -0.4 is 0 Å². The average Bonchev–Trinajstić information content (AvgIpc) is 2.79. The molecule has 1 heterocycles. The zero-order valence-corrected chi connectivity index (χ0v) is 14.9. The van der Waals surface area contributed by atoms with Crippen LogP contribution in [-0.2, 0) is 11.3 Å². The lowest BCUT2D eigenvalue weighted by atomic mass is 9.99. The van der Waals surface area contributed by atoms with Crippen molar-refractivity contribution in [1.82, 2.24) is 9.80 Å². The van der Waals surface area contributed by atoms with Crippen LogP contribution in [0.15, 0.2) is 61.2 Å². The van der Waals surface area contributed by atoms with Crippen molar-refractivity contribution in [3.63, 3.8) is 0 Å². The molecule has 0 spiro atoms. The van der Waals surface area contributed by atoms with Gasteiger partial charge in [0.25, 0.3) is 0 Å². The predicted molar refractivity (Wildman–Crippen MR) is 103 cm³/mol. The van der Waals surface area contributed by atoms with E-state index in [2.05, 4.69) is 66.9 Å². The number of benzene rings is 2. The predicted octanol–water partition coefficient (Wildman–Crippen LogP) is 3.88. The van der Waals surface area contributed by atoms with Crippen LogP contribution in [0.25, 0.3) is 11.1 Å². The van der Waals surface area contributed by atoms with Gasteiger partial charge in [-0.25, -0.2) is 0 Å². The van der Waals surface area contributed by atoms with Crippen LogP contribution in [0.2, 0.25) is 0 Å². The fraction of sp³-hybridized carbons (Fsp3) is 0.318. The first kappa shape index (κ1) is 17.4. The van der Waals surface area contributed by atoms with Gasteiger partial charge < -0.3 is 4.90 Å². The van der Waals surface area contributed by atoms with Crippen molar-refractivity contribution in [1.29, 1.82) is 0 Å². The smallest absolute Gasteiger partial charge is 0.224 e. The van der Waals surface area contributed by atoms with E-state index < -0.39 is 0 Å². The molecule has 130 valence electrons. The van der Waals surface area contributed by atoms with Crippen molar-refractivity contribution < 1.29 is 4.79 Å². The number of amides is 1. The third kappa shape index (κ3) is 4.37. The van der Waals surface area contributed by atoms with E-state index in [1.54, 1.807) is 6.08 Å². The van der Waals surface area contributed by atoms with E-state index in [4.69, 9.17) is 0 Å². The van der Waals surface area contributed by atoms with Gasteiger partial charge in [0.15, 0.2) is 0 Å². The monoisotopic (exact) mass is 334 g/mol. The van der Waals surface area contributed by atoms with E-state index in [-0.39, 0.29) is 5.91 Å². The Bertz CT molecular complexity index is 753. The number of rotatable bonds is 5. The minimum absolute atomic E-state index is 0.232. The van der Waals surface area contributed by atoms with Crippen molar-refractivity contribution in [2.24, 2.45) is 0 Å². The molecule has 0 aliphatic carbocycles. The van der Waals surface area contributed by atoms with Crippen molar-refractivity contribution in [3.05, 3.63) is 72.3 Å². The Morgan fingerprint density at radius 3 is 2.72 bits per heavy atom. The Hall–Kier alpha value is -2.39. The van der Waals surface area contributed by atoms with Crippen molar-refractivity contribution in [2.45, 2.75) is 19.9 Å². The molecular weight excluding hydrogens is 308 g/mol. The minimum atomic E-state index is 0.232. The second-order valence-corrected chi connectivity index (χ2v) is 6.67. The number of aryl methyl sites for hydroxylation is 1. The average molecular weight is 334 g/mol. The summed E-state index contributed by atoms with van der Waals surface area (Å²) in [6.07, 6.45) is 2.39. The summed E-state index contributed by atoms with van der Waals surface area (Å²) >= 11 is 0. The molecule has 3 heteroatoms. The number of hydrogen-bond acceptors (Lipinski definition) is 2. The summed E-state index contributed by atoms with van der Waals surface area (Å²) in [5.74, 6) is 0.232. The van der Waals surface area contributed by atoms with Crippen LogP contribution in [-0.4, -0.2) is 41.9 Å². The van der Waals surface area contributed by atoms with Gasteiger partial charge >= 0.3 is 0 Å². The molecule has 1 aliphatic heterocycles. The lowest BCUT2D eigenvalue weighted by Crippen LogP contribution is -2.33. The largest absolute Gasteiger partial charge is 0.338 e. The summed E-state index contributed by atoms with van der Waals surface area (Å²) in [7, 11) is 0. The summed E-state index contributed by atoms with van der Waals surface area (Å²) in [5, 5.41) is 0. The highest BCUT2D eigenvalue weighted by molar-refractivity contribution is 5.76. The molecule has 25 heavy (non-hydrogen) atoms. The van der Waals surface area contributed by atoms with E-state index in [9.17, 15) is 4.79 Å². The topological polar surface area (TPSA) is 23.6 Å². The van der Waals surface area contributed by atoms with Gasteiger partial charge in [0.05, 0.1) is 0 Å². The Morgan fingerprint density at radius 1 is 1.08 bits per heavy atom. The Labute approximate surface area is 150 Å². The number of hydrogen-bond donors (Lipinski definition) is 0. The maximum atomic E-state index is 12.1. The maximum absolute atomic E-state index is 12.1. The van der Waals surface area contributed by atoms with Gasteiger partial charge in [-0.15, -0.1) is 6.58 Å². The highest BCUT2D eigenvalue weighted by atomic mass is 16.2. The minimum Gasteiger partial charge on any atom is -0.338 e. The van der Waals surface area contributed by atoms with Crippen LogP contribution in [0.5, 0.6) is 0 Å². The summed E-state index contributed by atoms with van der Waals surface area (Å²) in [6, 6.07) is 17.2. The Balaban J connectivity index is 1.71. The number of carbonyl (C=O) groups is 1. The quantitative estimate of drug-likeness (QED) is 0.775. The van der Waals surface area contributed by atoms with Gasteiger partial charge in [-0.05, 0) is 35.2 Å². The molecule has 0 N–H and O–H groups in total. The van der Waals surface area contributed by atoms with Crippen molar-refractivity contribution in [2.75, 3.05) is 26.2 Å². The molecule has 1 saturated heterocycles. The van der Waals surface area contributed by atoms with Crippen LogP contribution in [0.3, 0.4) is 0 Å². The van der Waals surface area contributed by atoms with Crippen LogP contribution >= 0.6 is 0 Å². The van der Waals surface area contributed by atoms with Gasteiger partial charge in [0.1, 0.15) is 0 Å². The number of nitrogens with zero attached hydrogens (tertiary/aromatic N) is 2. The molecule has 1 amide bonds. The van der Waals surface area contributed by atoms with Gasteiger partial charge in [-0.1, -0.05) is 48.5 Å². The Kier molecular flexibility index (Phi) is 5.67. The molecule has 2 aromatic rings. The fourth-order valence-electron chi connectivity index (χ4n) is 3.41. The maximum Gasteiger partial charge on any atom is 0.224 e. The SMILES string of the molecule is C=CCN1CCN(Cc2cccc(-c3ccccc3C)c2)CCC1=O. The zero-order chi connectivity index (χ0) is 17.6. The molecule has 0 radical (unpaired) electrons. The summed E-state index contributed by atoms with van der Waals surface area (Å²) in [6.45, 7) is 9.94. The van der Waals surface area contributed by atoms with E-state index in [0.717, 1.165) is 26.2 Å². The lowest BCUT2D eigenvalue weighted by Gasteiger charge is -2.21. The molecular formula is C22H26N2O. The Morgan fingerprint density at radius 2 is 1.92 bits per heavy atom. The molecule has 0 aromatic heterocycles. The summed E-state index contributed by atoms with van der Waals surface area (Å²) in [4.78, 5) is 16.4. The fourth-order valence-corrected chi connectivity index (χ4v) is 3.41. The highest BCUT2D eigenvalue weighted by Gasteiger charge is 2.19. The molecule has 2 aromatic carbocycles. The van der Waals surface area contributed by atoms with E-state index >= 15 is 0 Å². The first-order chi connectivity index (χ1) is 12.2.